The molecule has 17 aromatic rings. The van der Waals surface area contributed by atoms with Crippen molar-refractivity contribution in [2.24, 2.45) is 28.2 Å². The van der Waals surface area contributed by atoms with Crippen molar-refractivity contribution >= 4 is 183 Å². The van der Waals surface area contributed by atoms with Crippen LogP contribution in [0.3, 0.4) is 0 Å². The van der Waals surface area contributed by atoms with Gasteiger partial charge in [0.15, 0.2) is 31.0 Å². The predicted octanol–water partition coefficient (Wildman–Crippen LogP) is 16.7. The first-order valence-electron chi connectivity index (χ1n) is 45.3. The molecule has 10 heterocycles. The largest absolute Gasteiger partial charge is 0.480 e. The number of aliphatic carboxylic acids is 5. The van der Waals surface area contributed by atoms with Crippen LogP contribution in [0.1, 0.15) is 55.6 Å². The number of allylic oxidation sites excluding steroid dienone is 5. The van der Waals surface area contributed by atoms with Crippen molar-refractivity contribution in [3.63, 3.8) is 0 Å². The Morgan fingerprint density at radius 1 is 0.297 bits per heavy atom. The fourth-order valence-electron chi connectivity index (χ4n) is 18.8. The van der Waals surface area contributed by atoms with Gasteiger partial charge in [0, 0.05) is 159 Å². The van der Waals surface area contributed by atoms with E-state index < -0.39 is 29.8 Å². The zero-order chi connectivity index (χ0) is 95.6. The number of fused-ring (bicyclic) bond motifs is 12. The summed E-state index contributed by atoms with van der Waals surface area (Å²) in [5, 5.41) is 56.4. The van der Waals surface area contributed by atoms with Crippen molar-refractivity contribution in [3.8, 4) is 0 Å². The van der Waals surface area contributed by atoms with Gasteiger partial charge in [-0.3, -0.25) is 19.2 Å². The number of rotatable bonds is 15. The van der Waals surface area contributed by atoms with Crippen LogP contribution in [0.4, 0.5) is 39.8 Å². The third-order valence-corrected chi connectivity index (χ3v) is 25.2. The maximum absolute atomic E-state index is 11.6. The van der Waals surface area contributed by atoms with Gasteiger partial charge in [-0.05, 0) is 188 Å². The Morgan fingerprint density at radius 2 is 0.674 bits per heavy atom. The van der Waals surface area contributed by atoms with E-state index in [-0.39, 0.29) is 32.7 Å². The van der Waals surface area contributed by atoms with E-state index in [2.05, 4.69) is 224 Å². The number of nitrogens with zero attached hydrogens (tertiary/aromatic N) is 10. The number of benzene rings is 12. The minimum absolute atomic E-state index is 0.0507. The lowest BCUT2D eigenvalue weighted by Crippen LogP contribution is -2.38. The van der Waals surface area contributed by atoms with Crippen LogP contribution < -0.4 is 68.2 Å². The lowest BCUT2D eigenvalue weighted by Gasteiger charge is -2.33. The number of aryl methyl sites for hydroxylation is 4. The highest BCUT2D eigenvalue weighted by Crippen LogP contribution is 2.46. The topological polar surface area (TPSA) is 222 Å². The van der Waals surface area contributed by atoms with E-state index in [1.54, 1.807) is 26.8 Å². The van der Waals surface area contributed by atoms with Crippen LogP contribution in [0.2, 0.25) is 0 Å². The first kappa shape index (κ1) is 90.5. The summed E-state index contributed by atoms with van der Waals surface area (Å²) in [4.78, 5) is 66.0. The molecule has 0 unspecified atom stereocenters. The molecule has 5 aromatic heterocycles. The molecule has 0 bridgehead atoms. The van der Waals surface area contributed by atoms with E-state index in [1.807, 2.05) is 252 Å². The Labute approximate surface area is 797 Å². The van der Waals surface area contributed by atoms with Crippen molar-refractivity contribution in [1.82, 2.24) is 0 Å². The molecule has 22 rings (SSSR count). The smallest absolute Gasteiger partial charge is 0.370 e. The van der Waals surface area contributed by atoms with Gasteiger partial charge in [-0.25, -0.2) is 23.1 Å². The van der Waals surface area contributed by atoms with Gasteiger partial charge in [-0.2, -0.15) is 4.57 Å². The molecule has 0 radical (unpaired) electrons. The second-order valence-electron chi connectivity index (χ2n) is 34.0. The monoisotopic (exact) mass is 1820 g/mol. The molecule has 138 heavy (non-hydrogen) atoms. The van der Waals surface area contributed by atoms with Gasteiger partial charge < -0.3 is 50.0 Å². The summed E-state index contributed by atoms with van der Waals surface area (Å²) >= 11 is 0. The van der Waals surface area contributed by atoms with Crippen LogP contribution in [-0.2, 0) is 58.7 Å². The number of carboxylic acids is 5. The van der Waals surface area contributed by atoms with Crippen LogP contribution in [0.25, 0.3) is 114 Å². The molecule has 0 spiro atoms. The fourth-order valence-corrected chi connectivity index (χ4v) is 18.8. The molecular formula is C118H99N10O10+5. The van der Waals surface area contributed by atoms with E-state index in [0.717, 1.165) is 144 Å². The molecule has 0 saturated carbocycles. The lowest BCUT2D eigenvalue weighted by atomic mass is 9.88. The summed E-state index contributed by atoms with van der Waals surface area (Å²) in [6.07, 6.45) is 36.8. The fraction of sp³-hybridized carbons (Fsp3) is 0.0847. The second kappa shape index (κ2) is 40.2. The standard InChI is InChI=1S/2C26H20N2O2.3C22H18N2O2/c1-27-15-7-11-19-18(8-6-14-23(19)27)16-22-20-9-2-4-12-24(20)28(17-26(29)30)25-13-5-3-10-21(22)25;1-27-14-13-19(21-9-3-5-11-24(21)27)15-18-8-6-12-25-22(18)16-20-7-2-4-10-23(20)28(25)17-26(29)30;1-23-12-4-8-18-16(6-2-10-20(18)23)14-17-7-3-11-21-19(17)9-5-13-24(21)15-22(25)26;1-23-12-5-8-18-16(6-4-10-20(18)23)14-17-11-13-24(15-22(25)26)21-9-3-2-7-19(17)21;1-23-13-11-17(18-7-2-3-9-20(18)23)14-16-6-4-10-21-19(16)8-5-12-24(21)15-22(25)26/h2*2-16H,17H2,1H3;3*2-14H,15H2,1H3/p+5. The number of carboxylic acid groups (broad SMARTS) is 5. The summed E-state index contributed by atoms with van der Waals surface area (Å²) in [6, 6.07) is 104. The summed E-state index contributed by atoms with van der Waals surface area (Å²) in [6.45, 7) is -0.308. The van der Waals surface area contributed by atoms with Gasteiger partial charge in [-0.1, -0.05) is 182 Å². The van der Waals surface area contributed by atoms with E-state index in [0.29, 0.717) is 0 Å². The molecule has 0 fully saturated rings. The number of hydrogen-bond acceptors (Lipinski definition) is 10. The number of anilines is 7. The molecule has 20 nitrogen and oxygen atoms in total. The molecule has 0 atom stereocenters. The van der Waals surface area contributed by atoms with Gasteiger partial charge in [0.25, 0.3) is 0 Å². The molecule has 676 valence electrons. The molecule has 5 aliphatic heterocycles. The van der Waals surface area contributed by atoms with Gasteiger partial charge in [0.1, 0.15) is 54.4 Å². The Bertz CT molecular complexity index is 8210. The van der Waals surface area contributed by atoms with Crippen molar-refractivity contribution < 1.29 is 72.3 Å². The molecule has 0 saturated heterocycles. The minimum Gasteiger partial charge on any atom is -0.480 e. The molecule has 5 N–H and O–H groups in total. The van der Waals surface area contributed by atoms with E-state index in [9.17, 15) is 34.2 Å². The van der Waals surface area contributed by atoms with Crippen LogP contribution in [0.5, 0.6) is 0 Å². The van der Waals surface area contributed by atoms with E-state index in [4.69, 9.17) is 15.3 Å². The third kappa shape index (κ3) is 19.3. The maximum atomic E-state index is 11.6. The summed E-state index contributed by atoms with van der Waals surface area (Å²) in [5.74, 6) is -4.25. The number of pyridine rings is 5. The number of hydrogen-bond donors (Lipinski definition) is 5. The SMILES string of the molecule is CN1C=CC(=Cc2cccc3c2ccc[n+]3CC(=O)O)c2ccccc21.C[n+]1ccc(/C=c2\cccc3c2=Cc2ccccc2N3CC(=O)O)c2ccccc21.C[n+]1cccc2c(/C=C3/C=CN(CC(=O)O)c4ccccc43)cccc21.C[n+]1cccc2c(/C=c3\cccc4c3=CC=CN4CC(=O)O)cccc21.C[n+]1cccc2c(C=C3c4ccccc4N(CC(=O)O)c4ccccc43)cccc21. The number of carbonyl (C=O) groups is 5. The highest BCUT2D eigenvalue weighted by molar-refractivity contribution is 6.08. The average Bonchev–Trinajstić information content (AvgIpc) is 0.745. The van der Waals surface area contributed by atoms with Crippen molar-refractivity contribution in [1.29, 1.82) is 0 Å². The molecule has 0 amide bonds. The molecule has 0 aliphatic carbocycles. The maximum Gasteiger partial charge on any atom is 0.370 e. The summed E-state index contributed by atoms with van der Waals surface area (Å²) in [5.41, 5.74) is 26.5. The van der Waals surface area contributed by atoms with Gasteiger partial charge >= 0.3 is 29.8 Å². The lowest BCUT2D eigenvalue weighted by molar-refractivity contribution is -0.660. The Hall–Kier alpha value is -18.0. The van der Waals surface area contributed by atoms with E-state index >= 15 is 0 Å². The predicted molar refractivity (Wildman–Crippen MR) is 549 cm³/mol. The summed E-state index contributed by atoms with van der Waals surface area (Å²) in [7, 11) is 10.2. The van der Waals surface area contributed by atoms with Crippen molar-refractivity contribution in [3.05, 3.63) is 454 Å². The Balaban J connectivity index is 0.000000115. The highest BCUT2D eigenvalue weighted by Gasteiger charge is 2.30. The van der Waals surface area contributed by atoms with Crippen molar-refractivity contribution in [2.45, 2.75) is 6.54 Å². The quantitative estimate of drug-likeness (QED) is 0.0602. The van der Waals surface area contributed by atoms with Crippen LogP contribution >= 0.6 is 0 Å². The number of para-hydroxylation sites is 6. The minimum atomic E-state index is -0.853. The van der Waals surface area contributed by atoms with Gasteiger partial charge in [0.2, 0.25) is 34.1 Å². The van der Waals surface area contributed by atoms with Crippen molar-refractivity contribution in [2.75, 3.05) is 57.7 Å². The first-order chi connectivity index (χ1) is 67.1. The third-order valence-electron chi connectivity index (χ3n) is 25.2. The number of aromatic nitrogens is 5. The van der Waals surface area contributed by atoms with Crippen LogP contribution in [0, 0.1) is 0 Å². The molecule has 20 heteroatoms. The van der Waals surface area contributed by atoms with E-state index in [1.165, 1.54) is 43.8 Å². The second-order valence-corrected chi connectivity index (χ2v) is 34.0. The zero-order valence-corrected chi connectivity index (χ0v) is 76.6. The molecule has 5 aliphatic rings. The van der Waals surface area contributed by atoms with Gasteiger partial charge in [-0.15, -0.1) is 0 Å². The highest BCUT2D eigenvalue weighted by atomic mass is 16.4. The Kier molecular flexibility index (Phi) is 26.4. The normalized spacial score (nSPS) is 13.6. The first-order valence-corrected chi connectivity index (χ1v) is 45.3. The molecular weight excluding hydrogens is 1720 g/mol. The average molecular weight is 1820 g/mol. The Morgan fingerprint density at radius 3 is 1.22 bits per heavy atom. The molecule has 12 aromatic carbocycles. The van der Waals surface area contributed by atoms with Crippen LogP contribution in [-0.4, -0.2) is 88.6 Å². The van der Waals surface area contributed by atoms with Gasteiger partial charge in [0.05, 0.1) is 26.9 Å². The summed E-state index contributed by atoms with van der Waals surface area (Å²) < 4.78 is 10.2. The van der Waals surface area contributed by atoms with Crippen LogP contribution in [0.15, 0.2) is 377 Å². The zero-order valence-electron chi connectivity index (χ0n) is 76.6.